The number of rotatable bonds is 5. The largest absolute Gasteiger partial charge is 0.316 e. The number of benzene rings is 1. The van der Waals surface area contributed by atoms with Gasteiger partial charge in [0.1, 0.15) is 0 Å². The highest BCUT2D eigenvalue weighted by atomic mass is 16.6. The molecule has 0 spiro atoms. The van der Waals surface area contributed by atoms with Gasteiger partial charge in [-0.15, -0.1) is 0 Å². The zero-order valence-corrected chi connectivity index (χ0v) is 12.0. The molecule has 2 rings (SSSR count). The van der Waals surface area contributed by atoms with Crippen LogP contribution in [0.4, 0.5) is 5.69 Å². The standard InChI is InChI=1S/C16H22N2O2/c1-17-12-15(14-5-3-2-4-6-14)11-13-7-9-16(10-8-13)18(19)20/h7-11,14,17H,2-6,12H2,1H3/b15-11-. The van der Waals surface area contributed by atoms with Gasteiger partial charge in [0.2, 0.25) is 0 Å². The van der Waals surface area contributed by atoms with E-state index in [-0.39, 0.29) is 10.6 Å². The van der Waals surface area contributed by atoms with E-state index < -0.39 is 0 Å². The van der Waals surface area contributed by atoms with E-state index in [0.29, 0.717) is 5.92 Å². The van der Waals surface area contributed by atoms with Gasteiger partial charge in [-0.1, -0.05) is 30.9 Å². The predicted octanol–water partition coefficient (Wildman–Crippen LogP) is 3.78. The maximum atomic E-state index is 10.7. The average molecular weight is 274 g/mol. The van der Waals surface area contributed by atoms with Crippen molar-refractivity contribution in [1.82, 2.24) is 5.32 Å². The fourth-order valence-corrected chi connectivity index (χ4v) is 2.90. The van der Waals surface area contributed by atoms with Gasteiger partial charge >= 0.3 is 0 Å². The zero-order chi connectivity index (χ0) is 14.4. The lowest BCUT2D eigenvalue weighted by Gasteiger charge is -2.24. The molecule has 1 fully saturated rings. The molecule has 4 heteroatoms. The van der Waals surface area contributed by atoms with Crippen molar-refractivity contribution in [3.05, 3.63) is 45.5 Å². The fourth-order valence-electron chi connectivity index (χ4n) is 2.90. The summed E-state index contributed by atoms with van der Waals surface area (Å²) in [7, 11) is 1.96. The molecule has 1 aliphatic carbocycles. The van der Waals surface area contributed by atoms with Crippen molar-refractivity contribution in [2.45, 2.75) is 32.1 Å². The molecule has 0 saturated heterocycles. The highest BCUT2D eigenvalue weighted by Gasteiger charge is 2.17. The number of likely N-dealkylation sites (N-methyl/N-ethyl adjacent to an activating group) is 1. The smallest absolute Gasteiger partial charge is 0.269 e. The van der Waals surface area contributed by atoms with E-state index in [0.717, 1.165) is 12.1 Å². The van der Waals surface area contributed by atoms with Gasteiger partial charge in [-0.05, 0) is 43.5 Å². The molecule has 0 bridgehead atoms. The number of nitro groups is 1. The van der Waals surface area contributed by atoms with Crippen molar-refractivity contribution in [2.24, 2.45) is 5.92 Å². The van der Waals surface area contributed by atoms with Crippen LogP contribution in [-0.4, -0.2) is 18.5 Å². The Morgan fingerprint density at radius 2 is 1.95 bits per heavy atom. The molecule has 1 aromatic rings. The predicted molar refractivity (Wildman–Crippen MR) is 81.6 cm³/mol. The number of nitro benzene ring substituents is 1. The van der Waals surface area contributed by atoms with E-state index in [9.17, 15) is 10.1 Å². The van der Waals surface area contributed by atoms with Gasteiger partial charge in [-0.25, -0.2) is 0 Å². The molecule has 0 aliphatic heterocycles. The SMILES string of the molecule is CNC/C(=C/c1ccc([N+](=O)[O-])cc1)C1CCCCC1. The highest BCUT2D eigenvalue weighted by Crippen LogP contribution is 2.30. The first-order valence-corrected chi connectivity index (χ1v) is 7.30. The number of hydrogen-bond acceptors (Lipinski definition) is 3. The van der Waals surface area contributed by atoms with Crippen LogP contribution in [0.1, 0.15) is 37.7 Å². The molecule has 0 amide bonds. The van der Waals surface area contributed by atoms with Gasteiger partial charge in [-0.3, -0.25) is 10.1 Å². The topological polar surface area (TPSA) is 55.2 Å². The van der Waals surface area contributed by atoms with E-state index in [1.807, 2.05) is 19.2 Å². The molecule has 0 unspecified atom stereocenters. The normalized spacial score (nSPS) is 17.1. The Kier molecular flexibility index (Phi) is 5.30. The molecule has 4 nitrogen and oxygen atoms in total. The van der Waals surface area contributed by atoms with Gasteiger partial charge in [0, 0.05) is 18.7 Å². The third-order valence-corrected chi connectivity index (χ3v) is 3.97. The lowest BCUT2D eigenvalue weighted by Crippen LogP contribution is -2.19. The monoisotopic (exact) mass is 274 g/mol. The van der Waals surface area contributed by atoms with Crippen LogP contribution >= 0.6 is 0 Å². The molecule has 1 N–H and O–H groups in total. The molecule has 0 aromatic heterocycles. The van der Waals surface area contributed by atoms with Gasteiger partial charge < -0.3 is 5.32 Å². The number of non-ortho nitro benzene ring substituents is 1. The van der Waals surface area contributed by atoms with Gasteiger partial charge in [0.05, 0.1) is 4.92 Å². The minimum atomic E-state index is -0.358. The second-order valence-corrected chi connectivity index (χ2v) is 5.43. The summed E-state index contributed by atoms with van der Waals surface area (Å²) in [6.45, 7) is 0.891. The third-order valence-electron chi connectivity index (χ3n) is 3.97. The van der Waals surface area contributed by atoms with Gasteiger partial charge in [0.15, 0.2) is 0 Å². The first-order valence-electron chi connectivity index (χ1n) is 7.30. The summed E-state index contributed by atoms with van der Waals surface area (Å²) in [6.07, 6.45) is 8.69. The summed E-state index contributed by atoms with van der Waals surface area (Å²) < 4.78 is 0. The maximum Gasteiger partial charge on any atom is 0.269 e. The fraction of sp³-hybridized carbons (Fsp3) is 0.500. The van der Waals surface area contributed by atoms with Crippen LogP contribution in [0.15, 0.2) is 29.8 Å². The van der Waals surface area contributed by atoms with Crippen molar-refractivity contribution in [1.29, 1.82) is 0 Å². The average Bonchev–Trinajstić information content (AvgIpc) is 2.48. The number of nitrogens with zero attached hydrogens (tertiary/aromatic N) is 1. The van der Waals surface area contributed by atoms with Crippen molar-refractivity contribution >= 4 is 11.8 Å². The van der Waals surface area contributed by atoms with E-state index in [2.05, 4.69) is 11.4 Å². The summed E-state index contributed by atoms with van der Waals surface area (Å²) in [6, 6.07) is 6.81. The van der Waals surface area contributed by atoms with Crippen LogP contribution in [0.5, 0.6) is 0 Å². The van der Waals surface area contributed by atoms with Crippen LogP contribution in [0.25, 0.3) is 6.08 Å². The van der Waals surface area contributed by atoms with Crippen LogP contribution in [0.2, 0.25) is 0 Å². The quantitative estimate of drug-likeness (QED) is 0.656. The molecule has 1 aromatic carbocycles. The molecule has 0 heterocycles. The van der Waals surface area contributed by atoms with Crippen molar-refractivity contribution in [3.63, 3.8) is 0 Å². The van der Waals surface area contributed by atoms with Crippen molar-refractivity contribution in [3.8, 4) is 0 Å². The summed E-state index contributed by atoms with van der Waals surface area (Å²) >= 11 is 0. The Balaban J connectivity index is 2.16. The Hall–Kier alpha value is -1.68. The maximum absolute atomic E-state index is 10.7. The summed E-state index contributed by atoms with van der Waals surface area (Å²) in [5.74, 6) is 0.659. The first-order chi connectivity index (χ1) is 9.70. The van der Waals surface area contributed by atoms with Crippen LogP contribution in [-0.2, 0) is 0 Å². The molecule has 0 atom stereocenters. The van der Waals surface area contributed by atoms with Crippen LogP contribution in [0, 0.1) is 16.0 Å². The molecule has 108 valence electrons. The zero-order valence-electron chi connectivity index (χ0n) is 12.0. The number of nitrogens with one attached hydrogen (secondary N) is 1. The Morgan fingerprint density at radius 1 is 1.30 bits per heavy atom. The highest BCUT2D eigenvalue weighted by molar-refractivity contribution is 5.55. The van der Waals surface area contributed by atoms with Crippen LogP contribution in [0.3, 0.4) is 0 Å². The molecule has 20 heavy (non-hydrogen) atoms. The molecule has 0 radical (unpaired) electrons. The minimum Gasteiger partial charge on any atom is -0.316 e. The summed E-state index contributed by atoms with van der Waals surface area (Å²) in [5.41, 5.74) is 2.61. The second kappa shape index (κ2) is 7.20. The first kappa shape index (κ1) is 14.7. The van der Waals surface area contributed by atoms with E-state index in [1.54, 1.807) is 12.1 Å². The van der Waals surface area contributed by atoms with Crippen LogP contribution < -0.4 is 5.32 Å². The van der Waals surface area contributed by atoms with E-state index >= 15 is 0 Å². The van der Waals surface area contributed by atoms with Crippen molar-refractivity contribution < 1.29 is 4.92 Å². The lowest BCUT2D eigenvalue weighted by molar-refractivity contribution is -0.384. The molecule has 1 aliphatic rings. The van der Waals surface area contributed by atoms with E-state index in [1.165, 1.54) is 37.7 Å². The van der Waals surface area contributed by atoms with Crippen molar-refractivity contribution in [2.75, 3.05) is 13.6 Å². The molecule has 1 saturated carbocycles. The molecular weight excluding hydrogens is 252 g/mol. The minimum absolute atomic E-state index is 0.148. The Bertz CT molecular complexity index is 474. The third kappa shape index (κ3) is 3.90. The second-order valence-electron chi connectivity index (χ2n) is 5.43. The van der Waals surface area contributed by atoms with Gasteiger partial charge in [-0.2, -0.15) is 0 Å². The summed E-state index contributed by atoms with van der Waals surface area (Å²) in [5, 5.41) is 13.9. The Labute approximate surface area is 120 Å². The van der Waals surface area contributed by atoms with Gasteiger partial charge in [0.25, 0.3) is 5.69 Å². The Morgan fingerprint density at radius 3 is 2.50 bits per heavy atom. The summed E-state index contributed by atoms with van der Waals surface area (Å²) in [4.78, 5) is 10.3. The van der Waals surface area contributed by atoms with E-state index in [4.69, 9.17) is 0 Å². The lowest BCUT2D eigenvalue weighted by atomic mass is 9.83. The molecular formula is C16H22N2O2. The number of hydrogen-bond donors (Lipinski definition) is 1.